The summed E-state index contributed by atoms with van der Waals surface area (Å²) in [6.45, 7) is 0. The first kappa shape index (κ1) is 14.8. The number of nitrogens with two attached hydrogens (primary N) is 1. The van der Waals surface area contributed by atoms with Crippen LogP contribution in [0.4, 0.5) is 21.5 Å². The Hall–Kier alpha value is -2.63. The number of rotatable bonds is 5. The Morgan fingerprint density at radius 1 is 0.905 bits per heavy atom. The molecule has 112 valence electrons. The number of anilines is 3. The van der Waals surface area contributed by atoms with Gasteiger partial charge in [0, 0.05) is 36.0 Å². The van der Waals surface area contributed by atoms with Gasteiger partial charge in [-0.3, -0.25) is 0 Å². The molecule has 0 atom stereocenters. The van der Waals surface area contributed by atoms with Gasteiger partial charge in [0.2, 0.25) is 0 Å². The molecular formula is C15H17FN2O3. The van der Waals surface area contributed by atoms with E-state index in [1.54, 1.807) is 32.4 Å². The van der Waals surface area contributed by atoms with Crippen LogP contribution < -0.4 is 25.3 Å². The molecule has 0 unspecified atom stereocenters. The van der Waals surface area contributed by atoms with Crippen molar-refractivity contribution < 1.29 is 18.6 Å². The number of nitrogens with one attached hydrogen (secondary N) is 1. The van der Waals surface area contributed by atoms with E-state index in [2.05, 4.69) is 5.32 Å². The summed E-state index contributed by atoms with van der Waals surface area (Å²) in [5, 5.41) is 3.09. The van der Waals surface area contributed by atoms with E-state index < -0.39 is 5.82 Å². The van der Waals surface area contributed by atoms with E-state index >= 15 is 0 Å². The van der Waals surface area contributed by atoms with E-state index in [1.165, 1.54) is 19.2 Å². The predicted octanol–water partition coefficient (Wildman–Crippen LogP) is 3.18. The molecule has 2 rings (SSSR count). The Labute approximate surface area is 122 Å². The van der Waals surface area contributed by atoms with Gasteiger partial charge in [0.15, 0.2) is 11.6 Å². The maximum Gasteiger partial charge on any atom is 0.167 e. The summed E-state index contributed by atoms with van der Waals surface area (Å²) in [6.07, 6.45) is 0. The Morgan fingerprint density at radius 2 is 1.52 bits per heavy atom. The smallest absolute Gasteiger partial charge is 0.167 e. The van der Waals surface area contributed by atoms with Gasteiger partial charge in [-0.15, -0.1) is 0 Å². The van der Waals surface area contributed by atoms with Crippen LogP contribution in [-0.4, -0.2) is 21.3 Å². The number of ether oxygens (including phenoxy) is 3. The van der Waals surface area contributed by atoms with Gasteiger partial charge in [0.05, 0.1) is 32.7 Å². The van der Waals surface area contributed by atoms with E-state index in [9.17, 15) is 4.39 Å². The molecule has 0 aromatic heterocycles. The molecular weight excluding hydrogens is 275 g/mol. The highest BCUT2D eigenvalue weighted by atomic mass is 19.1. The van der Waals surface area contributed by atoms with E-state index in [4.69, 9.17) is 19.9 Å². The Morgan fingerprint density at radius 3 is 2.05 bits per heavy atom. The molecule has 3 N–H and O–H groups in total. The van der Waals surface area contributed by atoms with Gasteiger partial charge < -0.3 is 25.3 Å². The molecule has 0 aliphatic heterocycles. The molecule has 0 saturated heterocycles. The highest BCUT2D eigenvalue weighted by molar-refractivity contribution is 5.75. The average Bonchev–Trinajstić information content (AvgIpc) is 2.49. The van der Waals surface area contributed by atoms with Crippen molar-refractivity contribution in [2.24, 2.45) is 0 Å². The van der Waals surface area contributed by atoms with Gasteiger partial charge in [-0.2, -0.15) is 0 Å². The zero-order chi connectivity index (χ0) is 15.4. The van der Waals surface area contributed by atoms with Crippen LogP contribution >= 0.6 is 0 Å². The maximum absolute atomic E-state index is 13.5. The van der Waals surface area contributed by atoms with Gasteiger partial charge in [0.1, 0.15) is 11.5 Å². The number of hydrogen-bond acceptors (Lipinski definition) is 5. The Kier molecular flexibility index (Phi) is 4.37. The van der Waals surface area contributed by atoms with Crippen molar-refractivity contribution in [1.82, 2.24) is 0 Å². The fourth-order valence-corrected chi connectivity index (χ4v) is 1.87. The summed E-state index contributed by atoms with van der Waals surface area (Å²) in [5.74, 6) is 0.860. The molecule has 0 aliphatic carbocycles. The average molecular weight is 292 g/mol. The van der Waals surface area contributed by atoms with E-state index in [0.29, 0.717) is 22.9 Å². The number of halogens is 1. The minimum absolute atomic E-state index is 0.113. The lowest BCUT2D eigenvalue weighted by molar-refractivity contribution is 0.387. The quantitative estimate of drug-likeness (QED) is 0.829. The van der Waals surface area contributed by atoms with Gasteiger partial charge >= 0.3 is 0 Å². The van der Waals surface area contributed by atoms with Crippen LogP contribution in [0.25, 0.3) is 0 Å². The van der Waals surface area contributed by atoms with Crippen molar-refractivity contribution >= 4 is 17.1 Å². The monoisotopic (exact) mass is 292 g/mol. The number of benzene rings is 2. The van der Waals surface area contributed by atoms with Crippen LogP contribution in [0.3, 0.4) is 0 Å². The fourth-order valence-electron chi connectivity index (χ4n) is 1.87. The normalized spacial score (nSPS) is 10.1. The molecule has 0 radical (unpaired) electrons. The number of methoxy groups -OCH3 is 3. The molecule has 0 fully saturated rings. The molecule has 0 spiro atoms. The first-order valence-electron chi connectivity index (χ1n) is 6.20. The largest absolute Gasteiger partial charge is 0.497 e. The predicted molar refractivity (Wildman–Crippen MR) is 80.2 cm³/mol. The van der Waals surface area contributed by atoms with E-state index in [0.717, 1.165) is 0 Å². The molecule has 21 heavy (non-hydrogen) atoms. The van der Waals surface area contributed by atoms with Crippen molar-refractivity contribution in [2.75, 3.05) is 32.4 Å². The van der Waals surface area contributed by atoms with Gasteiger partial charge in [-0.05, 0) is 0 Å². The van der Waals surface area contributed by atoms with Crippen molar-refractivity contribution in [3.63, 3.8) is 0 Å². The van der Waals surface area contributed by atoms with E-state index in [-0.39, 0.29) is 11.4 Å². The summed E-state index contributed by atoms with van der Waals surface area (Å²) in [6, 6.07) is 8.00. The lowest BCUT2D eigenvalue weighted by atomic mass is 10.2. The molecule has 0 aliphatic rings. The number of hydrogen-bond donors (Lipinski definition) is 2. The third-order valence-corrected chi connectivity index (χ3v) is 2.95. The Balaban J connectivity index is 2.37. The standard InChI is InChI=1S/C15H17FN2O3/c1-19-10-4-9(5-11(6-10)20-2)18-14-8-15(21-3)12(16)7-13(14)17/h4-8,18H,17H2,1-3H3. The molecule has 6 heteroatoms. The zero-order valence-electron chi connectivity index (χ0n) is 12.1. The highest BCUT2D eigenvalue weighted by Crippen LogP contribution is 2.33. The summed E-state index contributed by atoms with van der Waals surface area (Å²) < 4.78 is 28.9. The van der Waals surface area contributed by atoms with Gasteiger partial charge in [-0.1, -0.05) is 0 Å². The number of nitrogen functional groups attached to an aromatic ring is 1. The zero-order valence-corrected chi connectivity index (χ0v) is 12.1. The summed E-state index contributed by atoms with van der Waals surface area (Å²) >= 11 is 0. The first-order chi connectivity index (χ1) is 10.1. The van der Waals surface area contributed by atoms with Gasteiger partial charge in [0.25, 0.3) is 0 Å². The topological polar surface area (TPSA) is 65.7 Å². The molecule has 2 aromatic rings. The van der Waals surface area contributed by atoms with Crippen LogP contribution in [0, 0.1) is 5.82 Å². The fraction of sp³-hybridized carbons (Fsp3) is 0.200. The molecule has 0 heterocycles. The third-order valence-electron chi connectivity index (χ3n) is 2.95. The van der Waals surface area contributed by atoms with Gasteiger partial charge in [-0.25, -0.2) is 4.39 Å². The van der Waals surface area contributed by atoms with E-state index in [1.807, 2.05) is 0 Å². The van der Waals surface area contributed by atoms with Crippen LogP contribution in [0.15, 0.2) is 30.3 Å². The highest BCUT2D eigenvalue weighted by Gasteiger charge is 2.10. The molecule has 0 bridgehead atoms. The van der Waals surface area contributed by atoms with Crippen molar-refractivity contribution in [1.29, 1.82) is 0 Å². The summed E-state index contributed by atoms with van der Waals surface area (Å²) in [4.78, 5) is 0. The van der Waals surface area contributed by atoms with Crippen LogP contribution in [0.1, 0.15) is 0 Å². The summed E-state index contributed by atoms with van der Waals surface area (Å²) in [7, 11) is 4.52. The third kappa shape index (κ3) is 3.28. The molecule has 2 aromatic carbocycles. The van der Waals surface area contributed by atoms with Crippen LogP contribution in [0.2, 0.25) is 0 Å². The minimum Gasteiger partial charge on any atom is -0.497 e. The molecule has 5 nitrogen and oxygen atoms in total. The Bertz CT molecular complexity index is 625. The van der Waals surface area contributed by atoms with Crippen LogP contribution in [-0.2, 0) is 0 Å². The SMILES string of the molecule is COc1cc(Nc2cc(OC)c(F)cc2N)cc(OC)c1. The second-order valence-corrected chi connectivity index (χ2v) is 4.30. The lowest BCUT2D eigenvalue weighted by Crippen LogP contribution is -2.00. The second-order valence-electron chi connectivity index (χ2n) is 4.30. The lowest BCUT2D eigenvalue weighted by Gasteiger charge is -2.13. The molecule has 0 amide bonds. The van der Waals surface area contributed by atoms with Crippen LogP contribution in [0.5, 0.6) is 17.2 Å². The summed E-state index contributed by atoms with van der Waals surface area (Å²) in [5.41, 5.74) is 7.32. The molecule has 0 saturated carbocycles. The van der Waals surface area contributed by atoms with Crippen molar-refractivity contribution in [3.8, 4) is 17.2 Å². The first-order valence-corrected chi connectivity index (χ1v) is 6.20. The second kappa shape index (κ2) is 6.21. The van der Waals surface area contributed by atoms with Crippen molar-refractivity contribution in [2.45, 2.75) is 0 Å². The van der Waals surface area contributed by atoms with Crippen molar-refractivity contribution in [3.05, 3.63) is 36.1 Å². The minimum atomic E-state index is -0.510. The maximum atomic E-state index is 13.5.